The fourth-order valence-electron chi connectivity index (χ4n) is 2.48. The minimum Gasteiger partial charge on any atom is -0.465 e. The second-order valence-electron chi connectivity index (χ2n) is 5.86. The van der Waals surface area contributed by atoms with Gasteiger partial charge in [-0.15, -0.1) is 0 Å². The molecule has 142 valence electrons. The summed E-state index contributed by atoms with van der Waals surface area (Å²) in [7, 11) is 0. The predicted molar refractivity (Wildman–Crippen MR) is 105 cm³/mol. The van der Waals surface area contributed by atoms with Crippen LogP contribution in [0.3, 0.4) is 0 Å². The molecule has 2 aromatic rings. The van der Waals surface area contributed by atoms with Gasteiger partial charge in [-0.2, -0.15) is 0 Å². The van der Waals surface area contributed by atoms with E-state index < -0.39 is 11.9 Å². The Morgan fingerprint density at radius 3 is 2.56 bits per heavy atom. The van der Waals surface area contributed by atoms with Crippen molar-refractivity contribution in [3.63, 3.8) is 0 Å². The first-order valence-corrected chi connectivity index (χ1v) is 9.09. The highest BCUT2D eigenvalue weighted by Crippen LogP contribution is 2.14. The van der Waals surface area contributed by atoms with Crippen LogP contribution >= 0.6 is 11.6 Å². The van der Waals surface area contributed by atoms with Gasteiger partial charge in [-0.25, -0.2) is 0 Å². The largest absolute Gasteiger partial charge is 0.465 e. The molecule has 0 radical (unpaired) electrons. The van der Waals surface area contributed by atoms with Crippen molar-refractivity contribution in [1.29, 1.82) is 0 Å². The van der Waals surface area contributed by atoms with E-state index in [9.17, 15) is 9.59 Å². The first kappa shape index (κ1) is 20.6. The Kier molecular flexibility index (Phi) is 8.52. The molecule has 0 fully saturated rings. The molecule has 0 aromatic heterocycles. The van der Waals surface area contributed by atoms with Crippen LogP contribution in [0.5, 0.6) is 0 Å². The van der Waals surface area contributed by atoms with E-state index in [1.54, 1.807) is 19.1 Å². The van der Waals surface area contributed by atoms with Crippen LogP contribution in [-0.4, -0.2) is 24.6 Å². The highest BCUT2D eigenvalue weighted by Gasteiger charge is 2.27. The van der Waals surface area contributed by atoms with E-state index in [-0.39, 0.29) is 25.4 Å². The zero-order valence-corrected chi connectivity index (χ0v) is 15.9. The Hall–Kier alpha value is -2.66. The minimum absolute atomic E-state index is 0.00808. The van der Waals surface area contributed by atoms with Crippen molar-refractivity contribution >= 4 is 29.6 Å². The van der Waals surface area contributed by atoms with Gasteiger partial charge in [-0.05, 0) is 36.6 Å². The molecule has 0 heterocycles. The molecule has 0 unspecified atom stereocenters. The number of Topliss-reactive ketones (excluding diaryl/α,β-unsaturated/α-hetero) is 1. The van der Waals surface area contributed by atoms with Gasteiger partial charge in [0.1, 0.15) is 12.5 Å². The summed E-state index contributed by atoms with van der Waals surface area (Å²) in [5, 5.41) is 4.41. The maximum atomic E-state index is 12.5. The van der Waals surface area contributed by atoms with E-state index in [2.05, 4.69) is 5.16 Å². The van der Waals surface area contributed by atoms with Crippen LogP contribution in [0.15, 0.2) is 59.8 Å². The smallest absolute Gasteiger partial charge is 0.316 e. The summed E-state index contributed by atoms with van der Waals surface area (Å²) in [6.07, 6.45) is 1.66. The summed E-state index contributed by atoms with van der Waals surface area (Å²) in [4.78, 5) is 29.8. The standard InChI is InChI=1S/C21H22ClNO4/c1-2-26-21(25)19(14-16-7-4-3-5-8-16)20(24)11-12-23-27-15-17-9-6-10-18(22)13-17/h3-10,12-13,19H,2,11,14-15H2,1H3/b23-12-/t19-/m0/s1. The number of carbonyl (C=O) groups is 2. The number of oxime groups is 1. The van der Waals surface area contributed by atoms with Crippen molar-refractivity contribution in [3.8, 4) is 0 Å². The molecule has 0 aliphatic heterocycles. The topological polar surface area (TPSA) is 65.0 Å². The van der Waals surface area contributed by atoms with Crippen molar-refractivity contribution < 1.29 is 19.2 Å². The average molecular weight is 388 g/mol. The number of ether oxygens (including phenoxy) is 1. The summed E-state index contributed by atoms with van der Waals surface area (Å²) < 4.78 is 5.05. The lowest BCUT2D eigenvalue weighted by Crippen LogP contribution is -2.28. The summed E-state index contributed by atoms with van der Waals surface area (Å²) in [6, 6.07) is 16.6. The lowest BCUT2D eigenvalue weighted by Gasteiger charge is -2.13. The Morgan fingerprint density at radius 1 is 1.11 bits per heavy atom. The molecule has 1 atom stereocenters. The Balaban J connectivity index is 1.89. The van der Waals surface area contributed by atoms with Gasteiger partial charge in [0, 0.05) is 11.4 Å². The number of hydrogen-bond donors (Lipinski definition) is 0. The van der Waals surface area contributed by atoms with Crippen LogP contribution in [0.1, 0.15) is 24.5 Å². The molecule has 27 heavy (non-hydrogen) atoms. The van der Waals surface area contributed by atoms with E-state index in [1.807, 2.05) is 42.5 Å². The fourth-order valence-corrected chi connectivity index (χ4v) is 2.69. The van der Waals surface area contributed by atoms with E-state index in [0.717, 1.165) is 11.1 Å². The zero-order chi connectivity index (χ0) is 19.5. The number of esters is 1. The van der Waals surface area contributed by atoms with Crippen LogP contribution < -0.4 is 0 Å². The maximum absolute atomic E-state index is 12.5. The van der Waals surface area contributed by atoms with E-state index in [4.69, 9.17) is 21.2 Å². The van der Waals surface area contributed by atoms with Crippen LogP contribution in [0.4, 0.5) is 0 Å². The molecule has 0 amide bonds. The lowest BCUT2D eigenvalue weighted by molar-refractivity contribution is -0.151. The maximum Gasteiger partial charge on any atom is 0.316 e. The first-order valence-electron chi connectivity index (χ1n) is 8.71. The molecule has 0 saturated carbocycles. The highest BCUT2D eigenvalue weighted by atomic mass is 35.5. The van der Waals surface area contributed by atoms with E-state index >= 15 is 0 Å². The summed E-state index contributed by atoms with van der Waals surface area (Å²) in [5.41, 5.74) is 1.78. The lowest BCUT2D eigenvalue weighted by atomic mass is 9.94. The van der Waals surface area contributed by atoms with E-state index in [1.165, 1.54) is 6.21 Å². The van der Waals surface area contributed by atoms with Crippen LogP contribution in [0, 0.1) is 5.92 Å². The summed E-state index contributed by atoms with van der Waals surface area (Å²) in [6.45, 7) is 2.19. The van der Waals surface area contributed by atoms with Crippen molar-refractivity contribution in [2.75, 3.05) is 6.61 Å². The SMILES string of the molecule is CCOC(=O)[C@@H](Cc1ccccc1)C(=O)C/C=N\OCc1cccc(Cl)c1. The van der Waals surface area contributed by atoms with Gasteiger partial charge in [0.15, 0.2) is 5.78 Å². The van der Waals surface area contributed by atoms with Crippen molar-refractivity contribution in [3.05, 3.63) is 70.7 Å². The molecule has 0 N–H and O–H groups in total. The third-order valence-electron chi connectivity index (χ3n) is 3.80. The van der Waals surface area contributed by atoms with Gasteiger partial charge in [0.05, 0.1) is 12.8 Å². The predicted octanol–water partition coefficient (Wildman–Crippen LogP) is 4.22. The number of ketones is 1. The minimum atomic E-state index is -0.855. The normalized spacial score (nSPS) is 11.9. The quantitative estimate of drug-likeness (QED) is 0.265. The number of carbonyl (C=O) groups excluding carboxylic acids is 2. The Labute approximate surface area is 163 Å². The Bertz CT molecular complexity index is 777. The molecule has 2 aromatic carbocycles. The fraction of sp³-hybridized carbons (Fsp3) is 0.286. The molecule has 2 rings (SSSR count). The molecule has 6 heteroatoms. The molecule has 0 aliphatic carbocycles. The first-order chi connectivity index (χ1) is 13.1. The van der Waals surface area contributed by atoms with Gasteiger partial charge in [-0.1, -0.05) is 59.2 Å². The highest BCUT2D eigenvalue weighted by molar-refractivity contribution is 6.30. The van der Waals surface area contributed by atoms with Crippen LogP contribution in [-0.2, 0) is 32.2 Å². The van der Waals surface area contributed by atoms with E-state index in [0.29, 0.717) is 11.4 Å². The summed E-state index contributed by atoms with van der Waals surface area (Å²) >= 11 is 5.90. The third-order valence-corrected chi connectivity index (χ3v) is 4.04. The molecular formula is C21H22ClNO4. The van der Waals surface area contributed by atoms with Crippen LogP contribution in [0.2, 0.25) is 5.02 Å². The summed E-state index contributed by atoms with van der Waals surface area (Å²) in [5.74, 6) is -1.63. The molecule has 0 aliphatic rings. The molecule has 0 bridgehead atoms. The second kappa shape index (κ2) is 11.1. The average Bonchev–Trinajstić information content (AvgIpc) is 2.66. The van der Waals surface area contributed by atoms with Crippen molar-refractivity contribution in [2.45, 2.75) is 26.4 Å². The zero-order valence-electron chi connectivity index (χ0n) is 15.1. The number of halogens is 1. The van der Waals surface area contributed by atoms with Gasteiger partial charge in [0.2, 0.25) is 0 Å². The van der Waals surface area contributed by atoms with Crippen LogP contribution in [0.25, 0.3) is 0 Å². The number of benzene rings is 2. The number of nitrogens with zero attached hydrogens (tertiary/aromatic N) is 1. The van der Waals surface area contributed by atoms with Crippen molar-refractivity contribution in [1.82, 2.24) is 0 Å². The number of rotatable bonds is 10. The van der Waals surface area contributed by atoms with Crippen molar-refractivity contribution in [2.24, 2.45) is 11.1 Å². The molecule has 0 saturated heterocycles. The van der Waals surface area contributed by atoms with Gasteiger partial charge in [-0.3, -0.25) is 9.59 Å². The van der Waals surface area contributed by atoms with Gasteiger partial charge in [0.25, 0.3) is 0 Å². The Morgan fingerprint density at radius 2 is 1.85 bits per heavy atom. The molecular weight excluding hydrogens is 366 g/mol. The van der Waals surface area contributed by atoms with Gasteiger partial charge < -0.3 is 9.57 Å². The van der Waals surface area contributed by atoms with Gasteiger partial charge >= 0.3 is 5.97 Å². The third kappa shape index (κ3) is 7.23. The monoisotopic (exact) mass is 387 g/mol. The molecule has 5 nitrogen and oxygen atoms in total. The molecule has 0 spiro atoms. The second-order valence-corrected chi connectivity index (χ2v) is 6.29. The number of hydrogen-bond acceptors (Lipinski definition) is 5.